The molecule has 1 N–H and O–H groups in total. The Morgan fingerprint density at radius 3 is 2.53 bits per heavy atom. The highest BCUT2D eigenvalue weighted by molar-refractivity contribution is 4.80. The van der Waals surface area contributed by atoms with Crippen molar-refractivity contribution < 1.29 is 9.84 Å². The predicted octanol–water partition coefficient (Wildman–Crippen LogP) is 0.410. The summed E-state index contributed by atoms with van der Waals surface area (Å²) in [5.74, 6) is 0.314. The van der Waals surface area contributed by atoms with Gasteiger partial charge in [-0.05, 0) is 20.3 Å². The number of aliphatic hydroxyl groups excluding tert-OH is 1. The number of nitrogens with zero attached hydrogens (tertiary/aromatic N) is 2. The molecule has 2 rings (SSSR count). The van der Waals surface area contributed by atoms with E-state index in [2.05, 4.69) is 23.6 Å². The lowest BCUT2D eigenvalue weighted by Gasteiger charge is -2.39. The maximum Gasteiger partial charge on any atom is 0.0624 e. The van der Waals surface area contributed by atoms with Crippen LogP contribution in [-0.4, -0.2) is 73.0 Å². The van der Waals surface area contributed by atoms with Crippen LogP contribution >= 0.6 is 0 Å². The van der Waals surface area contributed by atoms with Gasteiger partial charge < -0.3 is 14.7 Å². The van der Waals surface area contributed by atoms with Crippen LogP contribution in [0.25, 0.3) is 0 Å². The standard InChI is InChI=1S/C13H26N2O2/c1-11(2)15-6-4-14(5-7-15)9-12-10-17-8-3-13(12)16/h11-13,16H,3-10H2,1-2H3. The second-order valence-electron chi connectivity index (χ2n) is 5.62. The third-order valence-corrected chi connectivity index (χ3v) is 4.06. The van der Waals surface area contributed by atoms with Crippen LogP contribution in [0.4, 0.5) is 0 Å². The van der Waals surface area contributed by atoms with E-state index in [1.807, 2.05) is 0 Å². The van der Waals surface area contributed by atoms with Gasteiger partial charge in [0, 0.05) is 51.3 Å². The van der Waals surface area contributed by atoms with Gasteiger partial charge in [-0.2, -0.15) is 0 Å². The fraction of sp³-hybridized carbons (Fsp3) is 1.00. The fourth-order valence-electron chi connectivity index (χ4n) is 2.75. The fourth-order valence-corrected chi connectivity index (χ4v) is 2.75. The van der Waals surface area contributed by atoms with Crippen molar-refractivity contribution >= 4 is 0 Å². The van der Waals surface area contributed by atoms with Crippen molar-refractivity contribution in [3.63, 3.8) is 0 Å². The lowest BCUT2D eigenvalue weighted by Crippen LogP contribution is -2.51. The van der Waals surface area contributed by atoms with Crippen LogP contribution in [-0.2, 0) is 4.74 Å². The van der Waals surface area contributed by atoms with E-state index in [4.69, 9.17) is 4.74 Å². The zero-order valence-electron chi connectivity index (χ0n) is 11.1. The number of hydrogen-bond acceptors (Lipinski definition) is 4. The molecule has 4 nitrogen and oxygen atoms in total. The molecule has 0 aliphatic carbocycles. The zero-order valence-corrected chi connectivity index (χ0v) is 11.1. The smallest absolute Gasteiger partial charge is 0.0624 e. The SMILES string of the molecule is CC(C)N1CCN(CC2COCCC2O)CC1. The average molecular weight is 242 g/mol. The van der Waals surface area contributed by atoms with E-state index < -0.39 is 0 Å². The molecule has 17 heavy (non-hydrogen) atoms. The number of rotatable bonds is 3. The molecule has 0 aromatic heterocycles. The molecular weight excluding hydrogens is 216 g/mol. The summed E-state index contributed by atoms with van der Waals surface area (Å²) in [4.78, 5) is 4.99. The molecule has 2 heterocycles. The highest BCUT2D eigenvalue weighted by atomic mass is 16.5. The lowest BCUT2D eigenvalue weighted by molar-refractivity contribution is -0.0510. The molecule has 0 amide bonds. The van der Waals surface area contributed by atoms with Crippen molar-refractivity contribution in [3.05, 3.63) is 0 Å². The van der Waals surface area contributed by atoms with Gasteiger partial charge in [0.25, 0.3) is 0 Å². The van der Waals surface area contributed by atoms with Gasteiger partial charge in [0.2, 0.25) is 0 Å². The molecule has 100 valence electrons. The number of ether oxygens (including phenoxy) is 1. The monoisotopic (exact) mass is 242 g/mol. The van der Waals surface area contributed by atoms with E-state index in [0.29, 0.717) is 12.0 Å². The number of aliphatic hydroxyl groups is 1. The quantitative estimate of drug-likeness (QED) is 0.777. The molecule has 2 saturated heterocycles. The highest BCUT2D eigenvalue weighted by Crippen LogP contribution is 2.17. The second-order valence-corrected chi connectivity index (χ2v) is 5.62. The molecule has 0 radical (unpaired) electrons. The average Bonchev–Trinajstić information content (AvgIpc) is 2.33. The van der Waals surface area contributed by atoms with E-state index in [0.717, 1.165) is 52.4 Å². The Morgan fingerprint density at radius 2 is 1.94 bits per heavy atom. The molecule has 2 atom stereocenters. The first-order valence-corrected chi connectivity index (χ1v) is 6.89. The topological polar surface area (TPSA) is 35.9 Å². The Balaban J connectivity index is 1.73. The minimum atomic E-state index is -0.160. The zero-order chi connectivity index (χ0) is 12.3. The molecular formula is C13H26N2O2. The van der Waals surface area contributed by atoms with Crippen molar-refractivity contribution in [2.75, 3.05) is 45.9 Å². The summed E-state index contributed by atoms with van der Waals surface area (Å²) in [7, 11) is 0. The Labute approximate surface area is 105 Å². The molecule has 2 fully saturated rings. The van der Waals surface area contributed by atoms with Crippen molar-refractivity contribution in [1.82, 2.24) is 9.80 Å². The van der Waals surface area contributed by atoms with Gasteiger partial charge in [0.1, 0.15) is 0 Å². The van der Waals surface area contributed by atoms with E-state index >= 15 is 0 Å². The third-order valence-electron chi connectivity index (χ3n) is 4.06. The van der Waals surface area contributed by atoms with Crippen LogP contribution in [0.3, 0.4) is 0 Å². The van der Waals surface area contributed by atoms with Gasteiger partial charge in [0.15, 0.2) is 0 Å². The number of hydrogen-bond donors (Lipinski definition) is 1. The Morgan fingerprint density at radius 1 is 1.24 bits per heavy atom. The van der Waals surface area contributed by atoms with Crippen molar-refractivity contribution in [3.8, 4) is 0 Å². The van der Waals surface area contributed by atoms with Crippen molar-refractivity contribution in [2.24, 2.45) is 5.92 Å². The molecule has 4 heteroatoms. The second kappa shape index (κ2) is 6.14. The van der Waals surface area contributed by atoms with Gasteiger partial charge in [-0.3, -0.25) is 4.90 Å². The van der Waals surface area contributed by atoms with Gasteiger partial charge in [-0.1, -0.05) is 0 Å². The van der Waals surface area contributed by atoms with Crippen molar-refractivity contribution in [2.45, 2.75) is 32.4 Å². The van der Waals surface area contributed by atoms with Crippen LogP contribution in [0.5, 0.6) is 0 Å². The largest absolute Gasteiger partial charge is 0.393 e. The Hall–Kier alpha value is -0.160. The Bertz CT molecular complexity index is 227. The molecule has 2 aliphatic heterocycles. The first-order chi connectivity index (χ1) is 8.16. The van der Waals surface area contributed by atoms with Gasteiger partial charge in [-0.25, -0.2) is 0 Å². The van der Waals surface area contributed by atoms with E-state index in [-0.39, 0.29) is 6.10 Å². The van der Waals surface area contributed by atoms with Crippen LogP contribution < -0.4 is 0 Å². The van der Waals surface area contributed by atoms with E-state index in [1.165, 1.54) is 0 Å². The summed E-state index contributed by atoms with van der Waals surface area (Å²) in [6, 6.07) is 0.653. The molecule has 0 bridgehead atoms. The normalized spacial score (nSPS) is 33.2. The van der Waals surface area contributed by atoms with Crippen molar-refractivity contribution in [1.29, 1.82) is 0 Å². The maximum absolute atomic E-state index is 9.92. The molecule has 0 aromatic carbocycles. The summed E-state index contributed by atoms with van der Waals surface area (Å²) >= 11 is 0. The Kier molecular flexibility index (Phi) is 4.79. The first-order valence-electron chi connectivity index (χ1n) is 6.89. The lowest BCUT2D eigenvalue weighted by atomic mass is 9.98. The number of piperazine rings is 1. The minimum absolute atomic E-state index is 0.160. The molecule has 2 unspecified atom stereocenters. The molecule has 0 saturated carbocycles. The summed E-state index contributed by atoms with van der Waals surface area (Å²) < 4.78 is 5.46. The van der Waals surface area contributed by atoms with Crippen LogP contribution in [0.2, 0.25) is 0 Å². The highest BCUT2D eigenvalue weighted by Gasteiger charge is 2.27. The maximum atomic E-state index is 9.92. The summed E-state index contributed by atoms with van der Waals surface area (Å²) in [6.45, 7) is 11.5. The van der Waals surface area contributed by atoms with Crippen LogP contribution in [0.15, 0.2) is 0 Å². The molecule has 0 spiro atoms. The molecule has 0 aromatic rings. The summed E-state index contributed by atoms with van der Waals surface area (Å²) in [5.41, 5.74) is 0. The van der Waals surface area contributed by atoms with Gasteiger partial charge in [0.05, 0.1) is 12.7 Å². The predicted molar refractivity (Wildman–Crippen MR) is 68.1 cm³/mol. The van der Waals surface area contributed by atoms with E-state index in [9.17, 15) is 5.11 Å². The first kappa shape index (κ1) is 13.3. The molecule has 2 aliphatic rings. The summed E-state index contributed by atoms with van der Waals surface area (Å²) in [5, 5.41) is 9.92. The summed E-state index contributed by atoms with van der Waals surface area (Å²) in [6.07, 6.45) is 0.642. The van der Waals surface area contributed by atoms with Gasteiger partial charge in [-0.15, -0.1) is 0 Å². The minimum Gasteiger partial charge on any atom is -0.393 e. The van der Waals surface area contributed by atoms with Crippen LogP contribution in [0, 0.1) is 5.92 Å². The third kappa shape index (κ3) is 3.65. The van der Waals surface area contributed by atoms with E-state index in [1.54, 1.807) is 0 Å². The van der Waals surface area contributed by atoms with Gasteiger partial charge >= 0.3 is 0 Å². The van der Waals surface area contributed by atoms with Crippen LogP contribution in [0.1, 0.15) is 20.3 Å².